The van der Waals surface area contributed by atoms with E-state index in [0.717, 1.165) is 4.47 Å². The van der Waals surface area contributed by atoms with E-state index in [1.54, 1.807) is 18.2 Å². The molecule has 1 rings (SSSR count). The van der Waals surface area contributed by atoms with Crippen LogP contribution in [0.1, 0.15) is 13.3 Å². The molecule has 0 unspecified atom stereocenters. The largest absolute Gasteiger partial charge is 0.508 e. The van der Waals surface area contributed by atoms with Gasteiger partial charge in [-0.2, -0.15) is 0 Å². The van der Waals surface area contributed by atoms with Crippen LogP contribution >= 0.6 is 83.7 Å². The summed E-state index contributed by atoms with van der Waals surface area (Å²) in [7, 11) is 0. The molecule has 1 aromatic rings. The maximum Gasteiger partial charge on any atom is 0.124 e. The second-order valence-corrected chi connectivity index (χ2v) is 15.1. The van der Waals surface area contributed by atoms with Crippen molar-refractivity contribution in [1.82, 2.24) is 0 Å². The number of aromatic hydroxyl groups is 1. The number of alkyl halides is 3. The number of halogens is 4. The van der Waals surface area contributed by atoms with Crippen LogP contribution in [-0.2, 0) is 0 Å². The maximum absolute atomic E-state index is 8.78. The van der Waals surface area contributed by atoms with Gasteiger partial charge in [0, 0.05) is 4.47 Å². The van der Waals surface area contributed by atoms with Crippen molar-refractivity contribution in [3.8, 4) is 5.75 Å². The van der Waals surface area contributed by atoms with Crippen molar-refractivity contribution in [3.05, 3.63) is 28.7 Å². The van der Waals surface area contributed by atoms with Crippen LogP contribution in [0.15, 0.2) is 28.7 Å². The number of hydrogen-bond acceptors (Lipinski definition) is 1. The third-order valence-corrected chi connectivity index (χ3v) is 3.99. The van der Waals surface area contributed by atoms with Crippen molar-refractivity contribution in [1.29, 1.82) is 0 Å². The van der Waals surface area contributed by atoms with Crippen LogP contribution < -0.4 is 0 Å². The fraction of sp³-hybridized carbons (Fsp3) is 0.333. The fourth-order valence-corrected chi connectivity index (χ4v) is 0.863. The van der Waals surface area contributed by atoms with Gasteiger partial charge < -0.3 is 5.11 Å². The van der Waals surface area contributed by atoms with Gasteiger partial charge in [0.25, 0.3) is 0 Å². The lowest BCUT2D eigenvalue weighted by molar-refractivity contribution is 0.475. The molecule has 0 aliphatic rings. The first kappa shape index (κ1) is 15.7. The smallest absolute Gasteiger partial charge is 0.124 e. The van der Waals surface area contributed by atoms with Crippen LogP contribution in [0.3, 0.4) is 0 Å². The molecular formula is C9H10BrI3O. The van der Waals surface area contributed by atoms with E-state index in [9.17, 15) is 0 Å². The zero-order valence-electron chi connectivity index (χ0n) is 7.48. The summed E-state index contributed by atoms with van der Waals surface area (Å²) < 4.78 is 1.35. The lowest BCUT2D eigenvalue weighted by Crippen LogP contribution is -1.91. The quantitative estimate of drug-likeness (QED) is 0.336. The van der Waals surface area contributed by atoms with Crippen molar-refractivity contribution in [2.45, 2.75) is 12.8 Å². The van der Waals surface area contributed by atoms with E-state index < -0.39 is 0 Å². The molecule has 0 aromatic heterocycles. The van der Waals surface area contributed by atoms with Gasteiger partial charge in [-0.1, -0.05) is 96.7 Å². The first-order valence-corrected chi connectivity index (χ1v) is 7.89. The van der Waals surface area contributed by atoms with E-state index in [2.05, 4.69) is 90.6 Å². The normalized spacial score (nSPS) is 10.4. The Morgan fingerprint density at radius 2 is 1.86 bits per heavy atom. The monoisotopic (exact) mass is 594 g/mol. The third-order valence-electron chi connectivity index (χ3n) is 1.21. The average Bonchev–Trinajstić information content (AvgIpc) is 2.03. The van der Waals surface area contributed by atoms with E-state index >= 15 is 0 Å². The Kier molecular flexibility index (Phi) is 8.83. The first-order valence-electron chi connectivity index (χ1n) is 3.86. The van der Waals surface area contributed by atoms with Crippen LogP contribution in [0.5, 0.6) is 5.75 Å². The summed E-state index contributed by atoms with van der Waals surface area (Å²) in [6, 6.07) is 6.91. The molecule has 0 aliphatic carbocycles. The zero-order chi connectivity index (χ0) is 11.2. The molecule has 1 aromatic carbocycles. The maximum atomic E-state index is 8.78. The standard InChI is InChI=1S/C6H5BrO.C3H5I3/c7-5-2-1-3-6(8)4-5;1-2-3(4,5)6/h1-4,8H;2H2,1H3. The molecule has 0 spiro atoms. The molecule has 0 saturated heterocycles. The molecule has 0 saturated carbocycles. The summed E-state index contributed by atoms with van der Waals surface area (Å²) in [5.74, 6) is 0.291. The summed E-state index contributed by atoms with van der Waals surface area (Å²) >= 11 is 10.4. The molecule has 14 heavy (non-hydrogen) atoms. The minimum absolute atomic E-state index is 0.291. The van der Waals surface area contributed by atoms with Gasteiger partial charge in [-0.25, -0.2) is 0 Å². The van der Waals surface area contributed by atoms with Crippen LogP contribution in [0, 0.1) is 0 Å². The van der Waals surface area contributed by atoms with Crippen molar-refractivity contribution in [2.24, 2.45) is 0 Å². The summed E-state index contributed by atoms with van der Waals surface area (Å²) in [6.45, 7) is 2.19. The summed E-state index contributed by atoms with van der Waals surface area (Å²) in [5.41, 5.74) is 0. The minimum Gasteiger partial charge on any atom is -0.508 e. The molecule has 0 radical (unpaired) electrons. The third kappa shape index (κ3) is 10.2. The molecule has 0 atom stereocenters. The molecule has 0 fully saturated rings. The van der Waals surface area contributed by atoms with Crippen LogP contribution in [0.25, 0.3) is 0 Å². The van der Waals surface area contributed by atoms with Gasteiger partial charge >= 0.3 is 0 Å². The molecule has 1 nitrogen and oxygen atoms in total. The van der Waals surface area contributed by atoms with Crippen molar-refractivity contribution in [2.75, 3.05) is 0 Å². The lowest BCUT2D eigenvalue weighted by Gasteiger charge is -2.04. The highest BCUT2D eigenvalue weighted by Gasteiger charge is 2.11. The van der Waals surface area contributed by atoms with E-state index in [1.807, 2.05) is 6.07 Å². The van der Waals surface area contributed by atoms with Gasteiger partial charge in [0.1, 0.15) is 5.18 Å². The minimum atomic E-state index is 0.291. The number of phenolic OH excluding ortho intramolecular Hbond substituents is 1. The zero-order valence-corrected chi connectivity index (χ0v) is 15.5. The topological polar surface area (TPSA) is 20.2 Å². The van der Waals surface area contributed by atoms with Gasteiger partial charge in [0.2, 0.25) is 0 Å². The van der Waals surface area contributed by atoms with E-state index in [4.69, 9.17) is 5.11 Å². The van der Waals surface area contributed by atoms with Crippen molar-refractivity contribution in [3.63, 3.8) is 0 Å². The van der Waals surface area contributed by atoms with E-state index in [1.165, 1.54) is 6.42 Å². The number of hydrogen-bond donors (Lipinski definition) is 1. The molecule has 0 heterocycles. The average molecular weight is 595 g/mol. The highest BCUT2D eigenvalue weighted by molar-refractivity contribution is 14.3. The second kappa shape index (κ2) is 7.88. The van der Waals surface area contributed by atoms with Gasteiger partial charge in [0.05, 0.1) is 0 Å². The highest BCUT2D eigenvalue weighted by Crippen LogP contribution is 2.38. The number of benzene rings is 1. The van der Waals surface area contributed by atoms with Gasteiger partial charge in [0.15, 0.2) is 0 Å². The SMILES string of the molecule is CCC(I)(I)I.Oc1cccc(Br)c1. The Labute approximate surface area is 134 Å². The van der Waals surface area contributed by atoms with Crippen molar-refractivity contribution < 1.29 is 5.11 Å². The number of phenols is 1. The Morgan fingerprint density at radius 1 is 1.36 bits per heavy atom. The predicted molar refractivity (Wildman–Crippen MR) is 90.9 cm³/mol. The highest BCUT2D eigenvalue weighted by atomic mass is 127. The van der Waals surface area contributed by atoms with Gasteiger partial charge in [-0.15, -0.1) is 0 Å². The number of rotatable bonds is 1. The predicted octanol–water partition coefficient (Wildman–Crippen LogP) is 5.51. The van der Waals surface area contributed by atoms with Crippen LogP contribution in [-0.4, -0.2) is 4.54 Å². The Hall–Kier alpha value is 1.69. The molecular weight excluding hydrogens is 585 g/mol. The van der Waals surface area contributed by atoms with E-state index in [0.29, 0.717) is 5.18 Å². The Morgan fingerprint density at radius 3 is 2.07 bits per heavy atom. The Balaban J connectivity index is 0.000000255. The molecule has 0 aliphatic heterocycles. The molecule has 5 heteroatoms. The van der Waals surface area contributed by atoms with Crippen LogP contribution in [0.2, 0.25) is 0 Å². The lowest BCUT2D eigenvalue weighted by atomic mass is 10.3. The fourth-order valence-electron chi connectivity index (χ4n) is 0.476. The molecule has 0 bridgehead atoms. The second-order valence-electron chi connectivity index (χ2n) is 2.45. The van der Waals surface area contributed by atoms with Crippen LogP contribution in [0.4, 0.5) is 0 Å². The first-order chi connectivity index (χ1) is 6.35. The summed E-state index contributed by atoms with van der Waals surface area (Å²) in [6.07, 6.45) is 1.23. The Bertz CT molecular complexity index is 256. The van der Waals surface area contributed by atoms with Gasteiger partial charge in [-0.3, -0.25) is 0 Å². The molecule has 0 amide bonds. The molecule has 1 N–H and O–H groups in total. The van der Waals surface area contributed by atoms with Gasteiger partial charge in [-0.05, 0) is 24.6 Å². The van der Waals surface area contributed by atoms with Crippen molar-refractivity contribution >= 4 is 83.7 Å². The molecule has 80 valence electrons. The summed E-state index contributed by atoms with van der Waals surface area (Å²) in [5, 5.41) is 8.78. The van der Waals surface area contributed by atoms with E-state index in [-0.39, 0.29) is 0 Å². The summed E-state index contributed by atoms with van der Waals surface area (Å²) in [4.78, 5) is 0.